The van der Waals surface area contributed by atoms with Crippen molar-refractivity contribution in [1.29, 1.82) is 0 Å². The molecule has 0 aliphatic heterocycles. The standard InChI is InChI=1S/C14H18N4O2S/c1-5-11-15-9(3)12(14(19)20)13(16-11)21-7-10-6-8(2)17-18(10)4/h6H,5,7H2,1-4H3,(H,19,20). The Kier molecular flexibility index (Phi) is 4.62. The SMILES string of the molecule is CCc1nc(C)c(C(=O)O)c(SCc2cc(C)nn2C)n1. The number of hydrogen-bond donors (Lipinski definition) is 1. The second kappa shape index (κ2) is 6.26. The summed E-state index contributed by atoms with van der Waals surface area (Å²) in [6.07, 6.45) is 0.680. The average Bonchev–Trinajstić information content (AvgIpc) is 2.73. The van der Waals surface area contributed by atoms with Crippen LogP contribution in [0.4, 0.5) is 0 Å². The summed E-state index contributed by atoms with van der Waals surface area (Å²) in [7, 11) is 1.88. The summed E-state index contributed by atoms with van der Waals surface area (Å²) in [6, 6.07) is 1.99. The van der Waals surface area contributed by atoms with Crippen LogP contribution < -0.4 is 0 Å². The molecule has 6 nitrogen and oxygen atoms in total. The van der Waals surface area contributed by atoms with Crippen molar-refractivity contribution in [3.05, 3.63) is 34.5 Å². The van der Waals surface area contributed by atoms with Crippen molar-refractivity contribution in [2.45, 2.75) is 38.0 Å². The molecule has 2 heterocycles. The minimum atomic E-state index is -0.987. The van der Waals surface area contributed by atoms with Gasteiger partial charge in [0.2, 0.25) is 0 Å². The molecule has 0 aromatic carbocycles. The van der Waals surface area contributed by atoms with Crippen molar-refractivity contribution < 1.29 is 9.90 Å². The molecule has 2 aromatic heterocycles. The third-order valence-electron chi connectivity index (χ3n) is 3.09. The summed E-state index contributed by atoms with van der Waals surface area (Å²) in [4.78, 5) is 20.0. The first-order chi connectivity index (χ1) is 9.92. The number of nitrogens with zero attached hydrogens (tertiary/aromatic N) is 4. The second-order valence-electron chi connectivity index (χ2n) is 4.75. The van der Waals surface area contributed by atoms with E-state index in [1.807, 2.05) is 27.0 Å². The normalized spacial score (nSPS) is 10.9. The van der Waals surface area contributed by atoms with Crippen molar-refractivity contribution in [2.24, 2.45) is 7.05 Å². The van der Waals surface area contributed by atoms with Gasteiger partial charge in [0.15, 0.2) is 0 Å². The Morgan fingerprint density at radius 3 is 2.62 bits per heavy atom. The zero-order valence-electron chi connectivity index (χ0n) is 12.5. The van der Waals surface area contributed by atoms with Gasteiger partial charge >= 0.3 is 5.97 Å². The van der Waals surface area contributed by atoms with E-state index >= 15 is 0 Å². The quantitative estimate of drug-likeness (QED) is 0.675. The maximum atomic E-state index is 11.4. The van der Waals surface area contributed by atoms with E-state index < -0.39 is 5.97 Å². The van der Waals surface area contributed by atoms with Crippen LogP contribution in [0.1, 0.15) is 40.2 Å². The minimum absolute atomic E-state index is 0.191. The molecule has 7 heteroatoms. The highest BCUT2D eigenvalue weighted by Crippen LogP contribution is 2.26. The minimum Gasteiger partial charge on any atom is -0.478 e. The number of carboxylic acid groups (broad SMARTS) is 1. The van der Waals surface area contributed by atoms with Gasteiger partial charge in [0.1, 0.15) is 16.4 Å². The number of aromatic carboxylic acids is 1. The number of rotatable bonds is 5. The summed E-state index contributed by atoms with van der Waals surface area (Å²) < 4.78 is 1.80. The highest BCUT2D eigenvalue weighted by Gasteiger charge is 2.18. The molecule has 0 radical (unpaired) electrons. The molecule has 0 aliphatic rings. The Balaban J connectivity index is 2.31. The number of carbonyl (C=O) groups is 1. The second-order valence-corrected chi connectivity index (χ2v) is 5.72. The molecule has 0 spiro atoms. The van der Waals surface area contributed by atoms with Crippen molar-refractivity contribution in [2.75, 3.05) is 0 Å². The van der Waals surface area contributed by atoms with Crippen LogP contribution in [-0.4, -0.2) is 30.8 Å². The molecule has 112 valence electrons. The Hall–Kier alpha value is -1.89. The lowest BCUT2D eigenvalue weighted by atomic mass is 10.2. The first kappa shape index (κ1) is 15.5. The van der Waals surface area contributed by atoms with Gasteiger partial charge in [0.25, 0.3) is 0 Å². The third kappa shape index (κ3) is 3.41. The Morgan fingerprint density at radius 1 is 1.38 bits per heavy atom. The highest BCUT2D eigenvalue weighted by atomic mass is 32.2. The lowest BCUT2D eigenvalue weighted by molar-refractivity contribution is 0.0690. The zero-order chi connectivity index (χ0) is 15.6. The van der Waals surface area contributed by atoms with Crippen LogP contribution in [0, 0.1) is 13.8 Å². The summed E-state index contributed by atoms with van der Waals surface area (Å²) >= 11 is 1.41. The van der Waals surface area contributed by atoms with E-state index in [-0.39, 0.29) is 5.56 Å². The Bertz CT molecular complexity index is 682. The van der Waals surface area contributed by atoms with Crippen molar-refractivity contribution in [3.63, 3.8) is 0 Å². The maximum absolute atomic E-state index is 11.4. The van der Waals surface area contributed by atoms with Gasteiger partial charge in [-0.05, 0) is 19.9 Å². The predicted octanol–water partition coefficient (Wildman–Crippen LogP) is 2.38. The molecule has 2 aromatic rings. The van der Waals surface area contributed by atoms with E-state index in [1.165, 1.54) is 11.8 Å². The molecule has 21 heavy (non-hydrogen) atoms. The average molecular weight is 306 g/mol. The third-order valence-corrected chi connectivity index (χ3v) is 4.10. The molecule has 0 amide bonds. The van der Waals surface area contributed by atoms with Crippen LogP contribution in [0.15, 0.2) is 11.1 Å². The van der Waals surface area contributed by atoms with E-state index in [4.69, 9.17) is 0 Å². The highest BCUT2D eigenvalue weighted by molar-refractivity contribution is 7.98. The van der Waals surface area contributed by atoms with Crippen LogP contribution >= 0.6 is 11.8 Å². The monoisotopic (exact) mass is 306 g/mol. The molecular formula is C14H18N4O2S. The summed E-state index contributed by atoms with van der Waals surface area (Å²) in [6.45, 7) is 5.59. The van der Waals surface area contributed by atoms with Gasteiger partial charge < -0.3 is 5.11 Å². The topological polar surface area (TPSA) is 80.9 Å². The molecule has 0 atom stereocenters. The molecule has 0 saturated heterocycles. The molecule has 1 N–H and O–H groups in total. The molecule has 0 saturated carbocycles. The van der Waals surface area contributed by atoms with E-state index in [9.17, 15) is 9.90 Å². The van der Waals surface area contributed by atoms with Crippen molar-refractivity contribution in [3.8, 4) is 0 Å². The van der Waals surface area contributed by atoms with Crippen molar-refractivity contribution >= 4 is 17.7 Å². The lowest BCUT2D eigenvalue weighted by Crippen LogP contribution is -2.09. The molecule has 0 unspecified atom stereocenters. The van der Waals surface area contributed by atoms with Gasteiger partial charge in [-0.2, -0.15) is 5.10 Å². The zero-order valence-corrected chi connectivity index (χ0v) is 13.4. The Morgan fingerprint density at radius 2 is 2.10 bits per heavy atom. The number of hydrogen-bond acceptors (Lipinski definition) is 5. The van der Waals surface area contributed by atoms with Crippen molar-refractivity contribution in [1.82, 2.24) is 19.7 Å². The number of thioether (sulfide) groups is 1. The number of aryl methyl sites for hydroxylation is 4. The predicted molar refractivity (Wildman–Crippen MR) is 80.6 cm³/mol. The smallest absolute Gasteiger partial charge is 0.340 e. The van der Waals surface area contributed by atoms with Crippen LogP contribution in [-0.2, 0) is 19.2 Å². The van der Waals surface area contributed by atoms with Gasteiger partial charge in [-0.15, -0.1) is 0 Å². The van der Waals surface area contributed by atoms with Gasteiger partial charge in [0, 0.05) is 24.9 Å². The first-order valence-corrected chi connectivity index (χ1v) is 7.64. The number of carboxylic acids is 1. The summed E-state index contributed by atoms with van der Waals surface area (Å²) in [5, 5.41) is 14.2. The molecule has 0 fully saturated rings. The largest absolute Gasteiger partial charge is 0.478 e. The van der Waals surface area contributed by atoms with Gasteiger partial charge in [-0.1, -0.05) is 18.7 Å². The van der Waals surface area contributed by atoms with Gasteiger partial charge in [-0.25, -0.2) is 14.8 Å². The molecule has 2 rings (SSSR count). The first-order valence-electron chi connectivity index (χ1n) is 6.65. The van der Waals surface area contributed by atoms with E-state index in [2.05, 4.69) is 15.1 Å². The summed E-state index contributed by atoms with van der Waals surface area (Å²) in [5.41, 5.74) is 2.68. The van der Waals surface area contributed by atoms with E-state index in [1.54, 1.807) is 11.6 Å². The Labute approximate surface area is 127 Å². The van der Waals surface area contributed by atoms with Crippen LogP contribution in [0.25, 0.3) is 0 Å². The molecular weight excluding hydrogens is 288 g/mol. The van der Waals surface area contributed by atoms with Gasteiger partial charge in [-0.3, -0.25) is 4.68 Å². The fourth-order valence-corrected chi connectivity index (χ4v) is 3.16. The fraction of sp³-hybridized carbons (Fsp3) is 0.429. The van der Waals surface area contributed by atoms with Crippen LogP contribution in [0.5, 0.6) is 0 Å². The molecule has 0 bridgehead atoms. The maximum Gasteiger partial charge on any atom is 0.340 e. The van der Waals surface area contributed by atoms with E-state index in [0.29, 0.717) is 28.7 Å². The van der Waals surface area contributed by atoms with E-state index in [0.717, 1.165) is 11.4 Å². The number of aromatic nitrogens is 4. The fourth-order valence-electron chi connectivity index (χ4n) is 2.05. The summed E-state index contributed by atoms with van der Waals surface area (Å²) in [5.74, 6) is 0.303. The molecule has 0 aliphatic carbocycles. The van der Waals surface area contributed by atoms with Crippen LogP contribution in [0.2, 0.25) is 0 Å². The van der Waals surface area contributed by atoms with Gasteiger partial charge in [0.05, 0.1) is 11.4 Å². The van der Waals surface area contributed by atoms with Crippen LogP contribution in [0.3, 0.4) is 0 Å². The lowest BCUT2D eigenvalue weighted by Gasteiger charge is -2.09.